The molecule has 112 valence electrons. The van der Waals surface area contributed by atoms with Crippen LogP contribution in [0.15, 0.2) is 42.5 Å². The van der Waals surface area contributed by atoms with Gasteiger partial charge in [0.05, 0.1) is 0 Å². The number of benzene rings is 2. The topological polar surface area (TPSA) is 29.5 Å². The largest absolute Gasteiger partial charge is 0.411 e. The molecule has 2 aromatic rings. The van der Waals surface area contributed by atoms with Gasteiger partial charge in [-0.2, -0.15) is 13.2 Å². The number of likely N-dealkylation sites (N-methyl/N-ethyl adjacent to an activating group) is 1. The lowest BCUT2D eigenvalue weighted by atomic mass is 10.1. The van der Waals surface area contributed by atoms with Gasteiger partial charge in [-0.25, -0.2) is 0 Å². The summed E-state index contributed by atoms with van der Waals surface area (Å²) >= 11 is 0. The highest BCUT2D eigenvalue weighted by Crippen LogP contribution is 2.21. The fourth-order valence-corrected chi connectivity index (χ4v) is 1.88. The quantitative estimate of drug-likeness (QED) is 0.866. The van der Waals surface area contributed by atoms with Gasteiger partial charge in [0.25, 0.3) is 5.91 Å². The van der Waals surface area contributed by atoms with Crippen molar-refractivity contribution < 1.29 is 22.7 Å². The number of ether oxygens (including phenoxy) is 1. The van der Waals surface area contributed by atoms with Crippen LogP contribution >= 0.6 is 0 Å². The summed E-state index contributed by atoms with van der Waals surface area (Å²) in [5.74, 6) is -0.533. The third-order valence-electron chi connectivity index (χ3n) is 2.99. The van der Waals surface area contributed by atoms with Crippen molar-refractivity contribution in [1.82, 2.24) is 0 Å². The number of rotatable bonds is 4. The maximum Gasteiger partial charge on any atom is 0.411 e. The number of hydrogen-bond donors (Lipinski definition) is 0. The molecule has 2 aromatic carbocycles. The average Bonchev–Trinajstić information content (AvgIpc) is 2.44. The summed E-state index contributed by atoms with van der Waals surface area (Å²) in [5.41, 5.74) is 0.606. The van der Waals surface area contributed by atoms with Crippen LogP contribution in [-0.2, 0) is 9.53 Å². The molecule has 0 fully saturated rings. The first kappa shape index (κ1) is 15.3. The SMILES string of the molecule is CN(C(=O)COCC(F)(F)F)c1ccc2ccccc2c1. The van der Waals surface area contributed by atoms with Crippen molar-refractivity contribution in [2.75, 3.05) is 25.2 Å². The van der Waals surface area contributed by atoms with Gasteiger partial charge in [-0.3, -0.25) is 4.79 Å². The van der Waals surface area contributed by atoms with E-state index in [9.17, 15) is 18.0 Å². The molecule has 21 heavy (non-hydrogen) atoms. The van der Waals surface area contributed by atoms with Crippen LogP contribution in [-0.4, -0.2) is 32.3 Å². The van der Waals surface area contributed by atoms with E-state index in [1.54, 1.807) is 12.1 Å². The Morgan fingerprint density at radius 2 is 1.81 bits per heavy atom. The molecule has 1 amide bonds. The van der Waals surface area contributed by atoms with Gasteiger partial charge in [0.15, 0.2) is 0 Å². The Bertz CT molecular complexity index is 640. The third kappa shape index (κ3) is 4.19. The first-order valence-electron chi connectivity index (χ1n) is 6.27. The second-order valence-corrected chi connectivity index (χ2v) is 4.59. The molecule has 0 N–H and O–H groups in total. The van der Waals surface area contributed by atoms with Crippen LogP contribution in [0.2, 0.25) is 0 Å². The lowest BCUT2D eigenvalue weighted by Crippen LogP contribution is -2.31. The van der Waals surface area contributed by atoms with E-state index < -0.39 is 25.3 Å². The molecule has 2 rings (SSSR count). The molecular weight excluding hydrogens is 283 g/mol. The number of fused-ring (bicyclic) bond motifs is 1. The Hall–Kier alpha value is -2.08. The standard InChI is InChI=1S/C15H14F3NO2/c1-19(14(20)9-21-10-15(16,17)18)13-7-6-11-4-2-3-5-12(11)8-13/h2-8H,9-10H2,1H3. The smallest absolute Gasteiger partial charge is 0.362 e. The molecule has 0 heterocycles. The minimum absolute atomic E-state index is 0.533. The molecule has 0 bridgehead atoms. The minimum atomic E-state index is -4.43. The average molecular weight is 297 g/mol. The zero-order chi connectivity index (χ0) is 15.5. The van der Waals surface area contributed by atoms with E-state index in [4.69, 9.17) is 0 Å². The van der Waals surface area contributed by atoms with E-state index in [1.165, 1.54) is 11.9 Å². The minimum Gasteiger partial charge on any atom is -0.362 e. The van der Waals surface area contributed by atoms with Gasteiger partial charge < -0.3 is 9.64 Å². The van der Waals surface area contributed by atoms with Crippen molar-refractivity contribution >= 4 is 22.4 Å². The summed E-state index contributed by atoms with van der Waals surface area (Å²) in [5, 5.41) is 1.97. The fraction of sp³-hybridized carbons (Fsp3) is 0.267. The number of carbonyl (C=O) groups is 1. The number of halogens is 3. The number of carbonyl (C=O) groups excluding carboxylic acids is 1. The Balaban J connectivity index is 2.03. The summed E-state index contributed by atoms with van der Waals surface area (Å²) in [6.07, 6.45) is -4.43. The Morgan fingerprint density at radius 1 is 1.14 bits per heavy atom. The van der Waals surface area contributed by atoms with Gasteiger partial charge >= 0.3 is 6.18 Å². The zero-order valence-corrected chi connectivity index (χ0v) is 11.4. The molecule has 3 nitrogen and oxygen atoms in total. The molecule has 0 aliphatic carbocycles. The highest BCUT2D eigenvalue weighted by Gasteiger charge is 2.28. The summed E-state index contributed by atoms with van der Waals surface area (Å²) in [6, 6.07) is 13.0. The van der Waals surface area contributed by atoms with Gasteiger partial charge in [-0.15, -0.1) is 0 Å². The predicted octanol–water partition coefficient (Wildman–Crippen LogP) is 3.38. The summed E-state index contributed by atoms with van der Waals surface area (Å²) in [4.78, 5) is 13.1. The van der Waals surface area contributed by atoms with Crippen molar-refractivity contribution in [1.29, 1.82) is 0 Å². The molecule has 0 aromatic heterocycles. The van der Waals surface area contributed by atoms with E-state index in [0.29, 0.717) is 5.69 Å². The predicted molar refractivity (Wildman–Crippen MR) is 74.2 cm³/mol. The zero-order valence-electron chi connectivity index (χ0n) is 11.4. The third-order valence-corrected chi connectivity index (χ3v) is 2.99. The molecule has 0 saturated carbocycles. The lowest BCUT2D eigenvalue weighted by molar-refractivity contribution is -0.175. The van der Waals surface area contributed by atoms with Crippen molar-refractivity contribution in [3.8, 4) is 0 Å². The van der Waals surface area contributed by atoms with Gasteiger partial charge in [0, 0.05) is 12.7 Å². The Kier molecular flexibility index (Phi) is 4.47. The Morgan fingerprint density at radius 3 is 2.48 bits per heavy atom. The molecule has 0 saturated heterocycles. The second-order valence-electron chi connectivity index (χ2n) is 4.59. The number of amides is 1. The van der Waals surface area contributed by atoms with Crippen molar-refractivity contribution in [3.05, 3.63) is 42.5 Å². The molecule has 0 radical (unpaired) electrons. The van der Waals surface area contributed by atoms with E-state index in [0.717, 1.165) is 10.8 Å². The second kappa shape index (κ2) is 6.13. The molecule has 6 heteroatoms. The van der Waals surface area contributed by atoms with Gasteiger partial charge in [-0.05, 0) is 22.9 Å². The first-order valence-corrected chi connectivity index (χ1v) is 6.27. The highest BCUT2D eigenvalue weighted by molar-refractivity contribution is 5.96. The normalized spacial score (nSPS) is 11.6. The van der Waals surface area contributed by atoms with E-state index in [2.05, 4.69) is 4.74 Å². The monoisotopic (exact) mass is 297 g/mol. The lowest BCUT2D eigenvalue weighted by Gasteiger charge is -2.18. The number of alkyl halides is 3. The van der Waals surface area contributed by atoms with Gasteiger partial charge in [0.1, 0.15) is 13.2 Å². The maximum absolute atomic E-state index is 12.0. The molecule has 0 aliphatic rings. The molecule has 0 atom stereocenters. The van der Waals surface area contributed by atoms with E-state index in [1.807, 2.05) is 30.3 Å². The number of anilines is 1. The van der Waals surface area contributed by atoms with Gasteiger partial charge in [-0.1, -0.05) is 30.3 Å². The van der Waals surface area contributed by atoms with Crippen molar-refractivity contribution in [2.24, 2.45) is 0 Å². The van der Waals surface area contributed by atoms with Crippen molar-refractivity contribution in [3.63, 3.8) is 0 Å². The van der Waals surface area contributed by atoms with Crippen molar-refractivity contribution in [2.45, 2.75) is 6.18 Å². The highest BCUT2D eigenvalue weighted by atomic mass is 19.4. The van der Waals surface area contributed by atoms with Crippen LogP contribution in [0.4, 0.5) is 18.9 Å². The summed E-state index contributed by atoms with van der Waals surface area (Å²) < 4.78 is 40.2. The molecule has 0 aliphatic heterocycles. The number of nitrogens with zero attached hydrogens (tertiary/aromatic N) is 1. The number of hydrogen-bond acceptors (Lipinski definition) is 2. The maximum atomic E-state index is 12.0. The van der Waals surface area contributed by atoms with Gasteiger partial charge in [0.2, 0.25) is 0 Å². The van der Waals surface area contributed by atoms with Crippen LogP contribution in [0.3, 0.4) is 0 Å². The van der Waals surface area contributed by atoms with Crippen LogP contribution in [0.1, 0.15) is 0 Å². The molecule has 0 unspecified atom stereocenters. The summed E-state index contributed by atoms with van der Waals surface area (Å²) in [7, 11) is 1.50. The Labute approximate surface area is 119 Å². The molecule has 0 spiro atoms. The van der Waals surface area contributed by atoms with E-state index >= 15 is 0 Å². The van der Waals surface area contributed by atoms with Crippen LogP contribution < -0.4 is 4.90 Å². The van der Waals surface area contributed by atoms with Crippen LogP contribution in [0.5, 0.6) is 0 Å². The van der Waals surface area contributed by atoms with Crippen LogP contribution in [0.25, 0.3) is 10.8 Å². The summed E-state index contributed by atoms with van der Waals surface area (Å²) in [6.45, 7) is -2.03. The molecular formula is C15H14F3NO2. The first-order chi connectivity index (χ1) is 9.87. The van der Waals surface area contributed by atoms with E-state index in [-0.39, 0.29) is 0 Å². The van der Waals surface area contributed by atoms with Crippen LogP contribution in [0, 0.1) is 0 Å². The fourth-order valence-electron chi connectivity index (χ4n) is 1.88.